The van der Waals surface area contributed by atoms with E-state index in [1.54, 1.807) is 25.3 Å². The van der Waals surface area contributed by atoms with Crippen molar-refractivity contribution in [2.24, 2.45) is 0 Å². The second-order valence-corrected chi connectivity index (χ2v) is 5.74. The Morgan fingerprint density at radius 3 is 2.67 bits per heavy atom. The van der Waals surface area contributed by atoms with Gasteiger partial charge in [0.25, 0.3) is 5.91 Å². The lowest BCUT2D eigenvalue weighted by atomic mass is 10.1. The number of nitrogens with one attached hydrogen (secondary N) is 1. The minimum absolute atomic E-state index is 0.00636. The molecule has 0 saturated carbocycles. The third-order valence-electron chi connectivity index (χ3n) is 3.94. The molecule has 1 heterocycles. The highest BCUT2D eigenvalue weighted by Gasteiger charge is 2.16. The molecule has 0 aliphatic heterocycles. The van der Waals surface area contributed by atoms with Crippen LogP contribution in [0.2, 0.25) is 0 Å². The number of aliphatic hydroxyl groups excluding tert-OH is 1. The van der Waals surface area contributed by atoms with Crippen LogP contribution in [0.5, 0.6) is 11.5 Å². The summed E-state index contributed by atoms with van der Waals surface area (Å²) < 4.78 is 11.8. The number of rotatable bonds is 7. The van der Waals surface area contributed by atoms with Gasteiger partial charge in [0, 0.05) is 6.07 Å². The maximum absolute atomic E-state index is 12.4. The molecular weight excluding hydrogens is 348 g/mol. The Morgan fingerprint density at radius 1 is 1.19 bits per heavy atom. The molecule has 0 radical (unpaired) electrons. The van der Waals surface area contributed by atoms with Crippen LogP contribution in [0.1, 0.15) is 22.3 Å². The van der Waals surface area contributed by atoms with Gasteiger partial charge in [-0.3, -0.25) is 4.79 Å². The summed E-state index contributed by atoms with van der Waals surface area (Å²) in [7, 11) is 3.05. The smallest absolute Gasteiger partial charge is 0.295 e. The minimum atomic E-state index is -0.745. The Balaban J connectivity index is 1.68. The van der Waals surface area contributed by atoms with E-state index < -0.39 is 12.0 Å². The van der Waals surface area contributed by atoms with Crippen molar-refractivity contribution < 1.29 is 19.4 Å². The van der Waals surface area contributed by atoms with Crippen molar-refractivity contribution in [3.63, 3.8) is 0 Å². The zero-order chi connectivity index (χ0) is 19.2. The molecule has 0 spiro atoms. The van der Waals surface area contributed by atoms with Gasteiger partial charge in [0.2, 0.25) is 5.82 Å². The Kier molecular flexibility index (Phi) is 5.68. The van der Waals surface area contributed by atoms with E-state index in [4.69, 9.17) is 9.47 Å². The van der Waals surface area contributed by atoms with Crippen LogP contribution < -0.4 is 14.8 Å². The number of methoxy groups -OCH3 is 2. The van der Waals surface area contributed by atoms with Crippen LogP contribution in [0.4, 0.5) is 5.69 Å². The van der Waals surface area contributed by atoms with Crippen molar-refractivity contribution in [1.29, 1.82) is 0 Å². The van der Waals surface area contributed by atoms with Gasteiger partial charge in [-0.15, -0.1) is 5.10 Å². The molecular formula is C19H20N4O4. The quantitative estimate of drug-likeness (QED) is 0.664. The van der Waals surface area contributed by atoms with Gasteiger partial charge in [-0.25, -0.2) is 9.67 Å². The van der Waals surface area contributed by atoms with E-state index in [1.807, 2.05) is 30.3 Å². The van der Waals surface area contributed by atoms with E-state index in [1.165, 1.54) is 18.1 Å². The zero-order valence-electron chi connectivity index (χ0n) is 15.0. The van der Waals surface area contributed by atoms with Crippen molar-refractivity contribution in [2.75, 3.05) is 19.5 Å². The molecule has 0 saturated heterocycles. The molecule has 0 aliphatic carbocycles. The summed E-state index contributed by atoms with van der Waals surface area (Å²) in [5, 5.41) is 17.1. The Bertz CT molecular complexity index is 911. The summed E-state index contributed by atoms with van der Waals surface area (Å²) in [6.45, 7) is 0.191. The van der Waals surface area contributed by atoms with Crippen LogP contribution in [0, 0.1) is 0 Å². The number of carbonyl (C=O) groups is 1. The summed E-state index contributed by atoms with van der Waals surface area (Å²) in [5.74, 6) is 0.586. The Morgan fingerprint density at radius 2 is 1.96 bits per heavy atom. The summed E-state index contributed by atoms with van der Waals surface area (Å²) in [6, 6.07) is 14.3. The maximum Gasteiger partial charge on any atom is 0.295 e. The molecule has 8 heteroatoms. The predicted octanol–water partition coefficient (Wildman–Crippen LogP) is 2.28. The Hall–Kier alpha value is -3.39. The van der Waals surface area contributed by atoms with Gasteiger partial charge < -0.3 is 19.9 Å². The third-order valence-corrected chi connectivity index (χ3v) is 3.94. The summed E-state index contributed by atoms with van der Waals surface area (Å²) >= 11 is 0. The summed E-state index contributed by atoms with van der Waals surface area (Å²) in [5.41, 5.74) is 1.24. The number of aliphatic hydroxyl groups is 1. The number of amides is 1. The van der Waals surface area contributed by atoms with E-state index >= 15 is 0 Å². The number of carbonyl (C=O) groups excluding carboxylic acids is 1. The summed E-state index contributed by atoms with van der Waals surface area (Å²) in [4.78, 5) is 16.4. The van der Waals surface area contributed by atoms with Gasteiger partial charge in [0.05, 0.1) is 32.6 Å². The molecule has 3 aromatic rings. The fraction of sp³-hybridized carbons (Fsp3) is 0.211. The minimum Gasteiger partial charge on any atom is -0.497 e. The third kappa shape index (κ3) is 4.42. The van der Waals surface area contributed by atoms with E-state index in [2.05, 4.69) is 15.4 Å². The topological polar surface area (TPSA) is 98.5 Å². The van der Waals surface area contributed by atoms with Gasteiger partial charge in [0.15, 0.2) is 0 Å². The lowest BCUT2D eigenvalue weighted by Gasteiger charge is -2.11. The average Bonchev–Trinajstić information content (AvgIpc) is 3.17. The van der Waals surface area contributed by atoms with Crippen LogP contribution in [-0.2, 0) is 6.54 Å². The van der Waals surface area contributed by atoms with Crippen LogP contribution in [0.3, 0.4) is 0 Å². The van der Waals surface area contributed by atoms with Gasteiger partial charge >= 0.3 is 0 Å². The highest BCUT2D eigenvalue weighted by Crippen LogP contribution is 2.29. The number of nitrogens with zero attached hydrogens (tertiary/aromatic N) is 3. The molecule has 27 heavy (non-hydrogen) atoms. The SMILES string of the molecule is COc1ccc(NC(=O)c2ncn(CC(O)c3ccccc3)n2)c(OC)c1. The fourth-order valence-corrected chi connectivity index (χ4v) is 2.52. The van der Waals surface area contributed by atoms with Crippen molar-refractivity contribution >= 4 is 11.6 Å². The molecule has 0 bridgehead atoms. The number of benzene rings is 2. The van der Waals surface area contributed by atoms with Gasteiger partial charge in [0.1, 0.15) is 17.8 Å². The molecule has 1 aromatic heterocycles. The average molecular weight is 368 g/mol. The van der Waals surface area contributed by atoms with Crippen molar-refractivity contribution in [2.45, 2.75) is 12.6 Å². The molecule has 140 valence electrons. The van der Waals surface area contributed by atoms with Crippen LogP contribution >= 0.6 is 0 Å². The largest absolute Gasteiger partial charge is 0.497 e. The van der Waals surface area contributed by atoms with Crippen LogP contribution in [0.15, 0.2) is 54.9 Å². The van der Waals surface area contributed by atoms with Crippen LogP contribution in [-0.4, -0.2) is 40.0 Å². The normalized spacial score (nSPS) is 11.7. The fourth-order valence-electron chi connectivity index (χ4n) is 2.52. The molecule has 2 aromatic carbocycles. The molecule has 1 unspecified atom stereocenters. The number of ether oxygens (including phenoxy) is 2. The number of hydrogen-bond acceptors (Lipinski definition) is 6. The lowest BCUT2D eigenvalue weighted by Crippen LogP contribution is -2.16. The second kappa shape index (κ2) is 8.33. The monoisotopic (exact) mass is 368 g/mol. The number of aromatic nitrogens is 3. The van der Waals surface area contributed by atoms with Gasteiger partial charge in [-0.05, 0) is 17.7 Å². The standard InChI is InChI=1S/C19H20N4O4/c1-26-14-8-9-15(17(10-14)27-2)21-19(25)18-20-12-23(22-18)11-16(24)13-6-4-3-5-7-13/h3-10,12,16,24H,11H2,1-2H3,(H,21,25). The molecule has 3 rings (SSSR count). The molecule has 2 N–H and O–H groups in total. The lowest BCUT2D eigenvalue weighted by molar-refractivity contribution is 0.101. The first kappa shape index (κ1) is 18.4. The summed E-state index contributed by atoms with van der Waals surface area (Å²) in [6.07, 6.45) is 0.664. The number of hydrogen-bond donors (Lipinski definition) is 2. The van der Waals surface area contributed by atoms with Gasteiger partial charge in [-0.1, -0.05) is 30.3 Å². The van der Waals surface area contributed by atoms with Crippen molar-refractivity contribution in [3.8, 4) is 11.5 Å². The van der Waals surface area contributed by atoms with E-state index in [0.717, 1.165) is 5.56 Å². The van der Waals surface area contributed by atoms with E-state index in [9.17, 15) is 9.90 Å². The van der Waals surface area contributed by atoms with Crippen LogP contribution in [0.25, 0.3) is 0 Å². The first-order chi connectivity index (χ1) is 13.1. The predicted molar refractivity (Wildman–Crippen MR) is 98.9 cm³/mol. The van der Waals surface area contributed by atoms with Crippen molar-refractivity contribution in [3.05, 3.63) is 66.2 Å². The highest BCUT2D eigenvalue weighted by molar-refractivity contribution is 6.02. The Labute approximate surface area is 156 Å². The molecule has 0 aliphatic rings. The molecule has 8 nitrogen and oxygen atoms in total. The zero-order valence-corrected chi connectivity index (χ0v) is 15.0. The number of anilines is 1. The first-order valence-corrected chi connectivity index (χ1v) is 8.26. The molecule has 1 amide bonds. The van der Waals surface area contributed by atoms with Gasteiger partial charge in [-0.2, -0.15) is 0 Å². The first-order valence-electron chi connectivity index (χ1n) is 8.26. The molecule has 0 fully saturated rings. The maximum atomic E-state index is 12.4. The highest BCUT2D eigenvalue weighted by atomic mass is 16.5. The van der Waals surface area contributed by atoms with E-state index in [0.29, 0.717) is 17.2 Å². The van der Waals surface area contributed by atoms with Crippen molar-refractivity contribution in [1.82, 2.24) is 14.8 Å². The second-order valence-electron chi connectivity index (χ2n) is 5.74. The molecule has 1 atom stereocenters. The van der Waals surface area contributed by atoms with E-state index in [-0.39, 0.29) is 12.4 Å².